The maximum atomic E-state index is 11.2. The van der Waals surface area contributed by atoms with E-state index in [1.165, 1.54) is 7.11 Å². The lowest BCUT2D eigenvalue weighted by Crippen LogP contribution is -2.64. The molecule has 15 nitrogen and oxygen atoms in total. The predicted molar refractivity (Wildman–Crippen MR) is 109 cm³/mol. The van der Waals surface area contributed by atoms with Gasteiger partial charge in [0.2, 0.25) is 0 Å². The van der Waals surface area contributed by atoms with Crippen LogP contribution in [0.25, 0.3) is 0 Å². The van der Waals surface area contributed by atoms with Crippen LogP contribution in [-0.4, -0.2) is 152 Å². The van der Waals surface area contributed by atoms with Crippen LogP contribution in [-0.2, 0) is 33.2 Å². The van der Waals surface area contributed by atoms with Crippen molar-refractivity contribution < 1.29 is 74.1 Å². The van der Waals surface area contributed by atoms with Crippen LogP contribution >= 0.6 is 0 Å². The van der Waals surface area contributed by atoms with Crippen LogP contribution < -0.4 is 0 Å². The van der Waals surface area contributed by atoms with E-state index in [4.69, 9.17) is 33.5 Å². The van der Waals surface area contributed by atoms with Gasteiger partial charge in [0, 0.05) is 7.11 Å². The number of carboxylic acids is 1. The number of rotatable bonds is 7. The number of carboxylic acid groups (broad SMARTS) is 1. The van der Waals surface area contributed by atoms with Gasteiger partial charge in [-0.15, -0.1) is 0 Å². The van der Waals surface area contributed by atoms with Gasteiger partial charge < -0.3 is 69.3 Å². The molecule has 15 heteroatoms. The standard InChI is InChI=1S/C20H34O15/c1-5-8(21)16(30-3)15(6(2)32-5)34-20-14(27)10(23)9(22)7(33-20)4-31-19-13(26)11(24)12(25)17(35-19)18(28)29/h5-17,19-27H,4H2,1-3H3,(H,28,29)/t5?,6-,7?,8+,9-,10+,11+,12+,13?,14?,15?,16+,17?,19+,20-/m1/s1. The summed E-state index contributed by atoms with van der Waals surface area (Å²) in [7, 11) is 1.35. The minimum absolute atomic E-state index is 0.564. The first-order chi connectivity index (χ1) is 16.4. The average molecular weight is 514 g/mol. The zero-order valence-corrected chi connectivity index (χ0v) is 19.3. The molecule has 0 aromatic carbocycles. The second kappa shape index (κ2) is 11.6. The van der Waals surface area contributed by atoms with Crippen LogP contribution in [0.15, 0.2) is 0 Å². The molecule has 35 heavy (non-hydrogen) atoms. The van der Waals surface area contributed by atoms with E-state index in [1.54, 1.807) is 13.8 Å². The smallest absolute Gasteiger partial charge is 0.335 e. The maximum absolute atomic E-state index is 11.2. The second-order valence-electron chi connectivity index (χ2n) is 8.92. The SMILES string of the molecule is CO[C@@H]1C(O[C@H]2OC(CO[C@H]3OC(C(=O)O)[C@@H](O)[C@H](O)C3O)[C@@H](O)[C@H](O)C2O)[C@@H](C)OC(C)[C@@H]1O. The molecule has 8 N–H and O–H groups in total. The van der Waals surface area contributed by atoms with Crippen molar-refractivity contribution in [1.82, 2.24) is 0 Å². The van der Waals surface area contributed by atoms with Crippen molar-refractivity contribution in [2.45, 2.75) is 106 Å². The van der Waals surface area contributed by atoms with Gasteiger partial charge in [-0.25, -0.2) is 4.79 Å². The highest BCUT2D eigenvalue weighted by Crippen LogP contribution is 2.31. The van der Waals surface area contributed by atoms with Crippen molar-refractivity contribution in [3.63, 3.8) is 0 Å². The minimum Gasteiger partial charge on any atom is -0.479 e. The summed E-state index contributed by atoms with van der Waals surface area (Å²) in [5, 5.41) is 80.3. The molecule has 0 bridgehead atoms. The number of aliphatic carboxylic acids is 1. The highest BCUT2D eigenvalue weighted by atomic mass is 16.7. The van der Waals surface area contributed by atoms with Gasteiger partial charge >= 0.3 is 5.97 Å². The second-order valence-corrected chi connectivity index (χ2v) is 8.92. The van der Waals surface area contributed by atoms with E-state index >= 15 is 0 Å². The quantitative estimate of drug-likeness (QED) is 0.159. The molecule has 3 saturated heterocycles. The number of hydrogen-bond acceptors (Lipinski definition) is 14. The van der Waals surface area contributed by atoms with Crippen LogP contribution in [0.2, 0.25) is 0 Å². The van der Waals surface area contributed by atoms with Gasteiger partial charge in [0.05, 0.1) is 18.8 Å². The summed E-state index contributed by atoms with van der Waals surface area (Å²) in [6.45, 7) is 2.70. The molecule has 204 valence electrons. The molecule has 3 rings (SSSR count). The lowest BCUT2D eigenvalue weighted by atomic mass is 9.95. The van der Waals surface area contributed by atoms with Crippen molar-refractivity contribution in [1.29, 1.82) is 0 Å². The number of ether oxygens (including phenoxy) is 6. The number of aliphatic hydroxyl groups is 7. The van der Waals surface area contributed by atoms with Crippen LogP contribution in [0.1, 0.15) is 13.8 Å². The first-order valence-corrected chi connectivity index (χ1v) is 11.1. The van der Waals surface area contributed by atoms with E-state index in [2.05, 4.69) is 0 Å². The molecule has 0 spiro atoms. The normalized spacial score (nSPS) is 51.2. The molecule has 3 aliphatic heterocycles. The van der Waals surface area contributed by atoms with Crippen molar-refractivity contribution >= 4 is 5.97 Å². The van der Waals surface area contributed by atoms with Gasteiger partial charge in [0.25, 0.3) is 0 Å². The Morgan fingerprint density at radius 1 is 0.714 bits per heavy atom. The highest BCUT2D eigenvalue weighted by Gasteiger charge is 2.51. The summed E-state index contributed by atoms with van der Waals surface area (Å²) < 4.78 is 32.6. The molecule has 3 heterocycles. The molecule has 0 radical (unpaired) electrons. The van der Waals surface area contributed by atoms with Crippen molar-refractivity contribution in [2.24, 2.45) is 0 Å². The van der Waals surface area contributed by atoms with E-state index < -0.39 is 105 Å². The van der Waals surface area contributed by atoms with Gasteiger partial charge in [-0.1, -0.05) is 0 Å². The van der Waals surface area contributed by atoms with Crippen molar-refractivity contribution in [2.75, 3.05) is 13.7 Å². The average Bonchev–Trinajstić information content (AvgIpc) is 2.81. The zero-order chi connectivity index (χ0) is 26.2. The number of hydrogen-bond donors (Lipinski definition) is 8. The number of aliphatic hydroxyl groups excluding tert-OH is 7. The maximum Gasteiger partial charge on any atom is 0.335 e. The first-order valence-electron chi connectivity index (χ1n) is 11.1. The van der Waals surface area contributed by atoms with Gasteiger partial charge in [-0.3, -0.25) is 0 Å². The molecule has 0 aliphatic carbocycles. The number of carbonyl (C=O) groups is 1. The Hall–Kier alpha value is -1.05. The molecule has 15 atom stereocenters. The van der Waals surface area contributed by atoms with E-state index in [0.717, 1.165) is 0 Å². The van der Waals surface area contributed by atoms with Crippen LogP contribution in [0, 0.1) is 0 Å². The van der Waals surface area contributed by atoms with Crippen molar-refractivity contribution in [3.05, 3.63) is 0 Å². The van der Waals surface area contributed by atoms with E-state index in [1.807, 2.05) is 0 Å². The zero-order valence-electron chi connectivity index (χ0n) is 19.3. The van der Waals surface area contributed by atoms with E-state index in [0.29, 0.717) is 0 Å². The molecule has 0 aromatic rings. The Morgan fingerprint density at radius 3 is 1.91 bits per heavy atom. The highest BCUT2D eigenvalue weighted by molar-refractivity contribution is 5.73. The lowest BCUT2D eigenvalue weighted by molar-refractivity contribution is -0.350. The molecule has 0 aromatic heterocycles. The Labute approximate surface area is 200 Å². The summed E-state index contributed by atoms with van der Waals surface area (Å²) in [5.74, 6) is -1.61. The first kappa shape index (κ1) is 28.5. The molecule has 0 amide bonds. The largest absolute Gasteiger partial charge is 0.479 e. The third kappa shape index (κ3) is 5.77. The monoisotopic (exact) mass is 514 g/mol. The Kier molecular flexibility index (Phi) is 9.42. The van der Waals surface area contributed by atoms with Gasteiger partial charge in [0.15, 0.2) is 18.7 Å². The molecule has 6 unspecified atom stereocenters. The van der Waals surface area contributed by atoms with Gasteiger partial charge in [0.1, 0.15) is 61.0 Å². The fourth-order valence-corrected chi connectivity index (χ4v) is 4.39. The molecule has 3 fully saturated rings. The summed E-state index contributed by atoms with van der Waals surface area (Å²) in [6.07, 6.45) is -21.4. The number of methoxy groups -OCH3 is 1. The Morgan fingerprint density at radius 2 is 1.31 bits per heavy atom. The lowest BCUT2D eigenvalue weighted by Gasteiger charge is -2.46. The topological polar surface area (TPSA) is 234 Å². The van der Waals surface area contributed by atoms with Gasteiger partial charge in [-0.2, -0.15) is 0 Å². The summed E-state index contributed by atoms with van der Waals surface area (Å²) >= 11 is 0. The van der Waals surface area contributed by atoms with Crippen molar-refractivity contribution in [3.8, 4) is 0 Å². The Bertz CT molecular complexity index is 710. The molecular formula is C20H34O15. The molecule has 3 aliphatic rings. The van der Waals surface area contributed by atoms with E-state index in [9.17, 15) is 40.5 Å². The van der Waals surface area contributed by atoms with E-state index in [-0.39, 0.29) is 0 Å². The predicted octanol–water partition coefficient (Wildman–Crippen LogP) is -4.73. The molecular weight excluding hydrogens is 480 g/mol. The third-order valence-corrected chi connectivity index (χ3v) is 6.50. The summed E-state index contributed by atoms with van der Waals surface area (Å²) in [4.78, 5) is 11.2. The molecule has 0 saturated carbocycles. The van der Waals surface area contributed by atoms with Crippen LogP contribution in [0.5, 0.6) is 0 Å². The van der Waals surface area contributed by atoms with Crippen LogP contribution in [0.4, 0.5) is 0 Å². The fraction of sp³-hybridized carbons (Fsp3) is 0.950. The third-order valence-electron chi connectivity index (χ3n) is 6.50. The summed E-state index contributed by atoms with van der Waals surface area (Å²) in [5.41, 5.74) is 0. The Balaban J connectivity index is 1.68. The van der Waals surface area contributed by atoms with Gasteiger partial charge in [-0.05, 0) is 13.8 Å². The fourth-order valence-electron chi connectivity index (χ4n) is 4.39. The minimum atomic E-state index is -1.92. The van der Waals surface area contributed by atoms with Crippen LogP contribution in [0.3, 0.4) is 0 Å². The summed E-state index contributed by atoms with van der Waals surface area (Å²) in [6, 6.07) is 0.